The summed E-state index contributed by atoms with van der Waals surface area (Å²) in [5.41, 5.74) is 5.44. The van der Waals surface area contributed by atoms with Gasteiger partial charge >= 0.3 is 17.8 Å². The maximum absolute atomic E-state index is 12.1. The molecule has 1 aromatic heterocycles. The van der Waals surface area contributed by atoms with Gasteiger partial charge in [0.2, 0.25) is 0 Å². The SMILES string of the molecule is Nc1nc(=O)n([C@@H]2O[C@H](CO)C[C@H]2O)cc1/C=C/CCCCNC(=O)C(F)(F)F. The first-order chi connectivity index (χ1) is 13.6. The van der Waals surface area contributed by atoms with Gasteiger partial charge in [-0.2, -0.15) is 18.2 Å². The maximum Gasteiger partial charge on any atom is 0.471 e. The second kappa shape index (κ2) is 9.85. The molecule has 0 bridgehead atoms. The van der Waals surface area contributed by atoms with Crippen LogP contribution in [0.15, 0.2) is 17.1 Å². The quantitative estimate of drug-likeness (QED) is 0.444. The normalized spacial score (nSPS) is 22.3. The third kappa shape index (κ3) is 6.27. The van der Waals surface area contributed by atoms with E-state index in [4.69, 9.17) is 15.6 Å². The topological polar surface area (TPSA) is 140 Å². The van der Waals surface area contributed by atoms with Crippen LogP contribution >= 0.6 is 0 Å². The fraction of sp³-hybridized carbons (Fsp3) is 0.588. The van der Waals surface area contributed by atoms with E-state index in [2.05, 4.69) is 4.98 Å². The number of allylic oxidation sites excluding steroid dienone is 1. The molecule has 1 fully saturated rings. The molecular weight excluding hydrogens is 397 g/mol. The highest BCUT2D eigenvalue weighted by Gasteiger charge is 2.38. The largest absolute Gasteiger partial charge is 0.471 e. The van der Waals surface area contributed by atoms with Crippen LogP contribution in [0.25, 0.3) is 6.08 Å². The summed E-state index contributed by atoms with van der Waals surface area (Å²) in [6.45, 7) is -0.384. The van der Waals surface area contributed by atoms with Gasteiger partial charge in [0, 0.05) is 24.7 Å². The van der Waals surface area contributed by atoms with Crippen molar-refractivity contribution in [3.63, 3.8) is 0 Å². The number of nitrogens with zero attached hydrogens (tertiary/aromatic N) is 2. The molecule has 9 nitrogen and oxygen atoms in total. The molecule has 3 atom stereocenters. The van der Waals surface area contributed by atoms with Crippen LogP contribution in [0.3, 0.4) is 0 Å². The number of nitrogens with two attached hydrogens (primary N) is 1. The van der Waals surface area contributed by atoms with Gasteiger partial charge in [-0.1, -0.05) is 12.2 Å². The average Bonchev–Trinajstić information content (AvgIpc) is 3.02. The van der Waals surface area contributed by atoms with Gasteiger partial charge in [-0.3, -0.25) is 9.36 Å². The molecule has 0 aliphatic carbocycles. The molecule has 5 N–H and O–H groups in total. The highest BCUT2D eigenvalue weighted by molar-refractivity contribution is 5.81. The summed E-state index contributed by atoms with van der Waals surface area (Å²) in [6, 6.07) is 0. The molecule has 0 aromatic carbocycles. The number of aliphatic hydroxyl groups excluding tert-OH is 2. The van der Waals surface area contributed by atoms with E-state index in [1.54, 1.807) is 17.5 Å². The number of unbranched alkanes of at least 4 members (excludes halogenated alkanes) is 2. The minimum Gasteiger partial charge on any atom is -0.394 e. The molecule has 1 aliphatic heterocycles. The molecule has 29 heavy (non-hydrogen) atoms. The fourth-order valence-corrected chi connectivity index (χ4v) is 2.80. The zero-order valence-electron chi connectivity index (χ0n) is 15.4. The summed E-state index contributed by atoms with van der Waals surface area (Å²) in [5.74, 6) is -1.99. The zero-order valence-corrected chi connectivity index (χ0v) is 15.4. The van der Waals surface area contributed by atoms with Crippen LogP contribution in [0.1, 0.15) is 37.5 Å². The van der Waals surface area contributed by atoms with Crippen LogP contribution in [-0.2, 0) is 9.53 Å². The van der Waals surface area contributed by atoms with E-state index < -0.39 is 36.2 Å². The van der Waals surface area contributed by atoms with Crippen molar-refractivity contribution in [2.45, 2.75) is 50.3 Å². The van der Waals surface area contributed by atoms with Crippen molar-refractivity contribution in [2.24, 2.45) is 0 Å². The van der Waals surface area contributed by atoms with Crippen LogP contribution in [0.2, 0.25) is 0 Å². The number of nitrogen functional groups attached to an aromatic ring is 1. The van der Waals surface area contributed by atoms with E-state index in [1.165, 1.54) is 6.20 Å². The summed E-state index contributed by atoms with van der Waals surface area (Å²) in [5, 5.41) is 21.0. The lowest BCUT2D eigenvalue weighted by atomic mass is 10.2. The van der Waals surface area contributed by atoms with E-state index in [0.717, 1.165) is 4.57 Å². The molecule has 0 radical (unpaired) electrons. The van der Waals surface area contributed by atoms with Crippen molar-refractivity contribution in [3.8, 4) is 0 Å². The Morgan fingerprint density at radius 1 is 1.45 bits per heavy atom. The molecule has 0 spiro atoms. The van der Waals surface area contributed by atoms with Gasteiger partial charge in [0.05, 0.1) is 12.7 Å². The smallest absolute Gasteiger partial charge is 0.394 e. The molecule has 162 valence electrons. The van der Waals surface area contributed by atoms with Gasteiger partial charge in [-0.15, -0.1) is 0 Å². The van der Waals surface area contributed by atoms with E-state index in [-0.39, 0.29) is 25.4 Å². The Balaban J connectivity index is 1.91. The first kappa shape index (κ1) is 22.8. The van der Waals surface area contributed by atoms with Gasteiger partial charge in [0.15, 0.2) is 6.23 Å². The lowest BCUT2D eigenvalue weighted by molar-refractivity contribution is -0.173. The Morgan fingerprint density at radius 3 is 2.79 bits per heavy atom. The number of aliphatic hydroxyl groups is 2. The van der Waals surface area contributed by atoms with Crippen LogP contribution < -0.4 is 16.7 Å². The summed E-state index contributed by atoms with van der Waals surface area (Å²) >= 11 is 0. The van der Waals surface area contributed by atoms with Crippen molar-refractivity contribution in [2.75, 3.05) is 18.9 Å². The summed E-state index contributed by atoms with van der Waals surface area (Å²) in [6.07, 6.45) is -1.22. The maximum atomic E-state index is 12.1. The lowest BCUT2D eigenvalue weighted by Gasteiger charge is -2.18. The van der Waals surface area contributed by atoms with Gasteiger partial charge in [0.1, 0.15) is 11.9 Å². The highest BCUT2D eigenvalue weighted by atomic mass is 19.4. The Morgan fingerprint density at radius 2 is 2.17 bits per heavy atom. The van der Waals surface area contributed by atoms with Crippen LogP contribution in [-0.4, -0.2) is 57.2 Å². The molecule has 0 unspecified atom stereocenters. The van der Waals surface area contributed by atoms with Crippen LogP contribution in [0.4, 0.5) is 19.0 Å². The third-order valence-corrected chi connectivity index (χ3v) is 4.29. The van der Waals surface area contributed by atoms with Gasteiger partial charge in [-0.25, -0.2) is 4.79 Å². The number of ether oxygens (including phenoxy) is 1. The third-order valence-electron chi connectivity index (χ3n) is 4.29. The minimum atomic E-state index is -4.89. The van der Waals surface area contributed by atoms with Crippen molar-refractivity contribution < 1.29 is 32.9 Å². The molecule has 1 aliphatic rings. The number of nitrogens with one attached hydrogen (secondary N) is 1. The summed E-state index contributed by atoms with van der Waals surface area (Å²) in [7, 11) is 0. The number of hydrogen-bond donors (Lipinski definition) is 4. The predicted octanol–water partition coefficient (Wildman–Crippen LogP) is 0.328. The average molecular weight is 420 g/mol. The molecule has 12 heteroatoms. The Kier molecular flexibility index (Phi) is 7.76. The lowest BCUT2D eigenvalue weighted by Crippen LogP contribution is -2.37. The van der Waals surface area contributed by atoms with Gasteiger partial charge in [-0.05, 0) is 19.3 Å². The standard InChI is InChI=1S/C17H23F3N4O5/c18-17(19,20)15(27)22-6-4-2-1-3-5-10-8-24(16(28)23-13(10)21)14-12(26)7-11(9-25)29-14/h3,5,8,11-12,14,25-26H,1-2,4,6-7,9H2,(H,22,27)(H2,21,23,28)/b5-3+/t11-,12+,14+/m0/s1. The van der Waals surface area contributed by atoms with Crippen molar-refractivity contribution >= 4 is 17.8 Å². The molecular formula is C17H23F3N4O5. The van der Waals surface area contributed by atoms with Crippen molar-refractivity contribution in [1.29, 1.82) is 0 Å². The molecule has 2 rings (SSSR count). The number of rotatable bonds is 8. The number of alkyl halides is 3. The molecule has 0 saturated carbocycles. The second-order valence-corrected chi connectivity index (χ2v) is 6.56. The van der Waals surface area contributed by atoms with Crippen molar-refractivity contribution in [3.05, 3.63) is 28.3 Å². The molecule has 1 aromatic rings. The number of hydrogen-bond acceptors (Lipinski definition) is 7. The number of carbonyl (C=O) groups excluding carboxylic acids is 1. The molecule has 1 amide bonds. The van der Waals surface area contributed by atoms with Crippen molar-refractivity contribution in [1.82, 2.24) is 14.9 Å². The second-order valence-electron chi connectivity index (χ2n) is 6.56. The first-order valence-corrected chi connectivity index (χ1v) is 8.98. The zero-order chi connectivity index (χ0) is 21.6. The van der Waals surface area contributed by atoms with Gasteiger partial charge < -0.3 is 26.0 Å². The number of halogens is 3. The Hall–Kier alpha value is -2.44. The van der Waals surface area contributed by atoms with Crippen LogP contribution in [0.5, 0.6) is 0 Å². The number of aromatic nitrogens is 2. The molecule has 1 saturated heterocycles. The van der Waals surface area contributed by atoms with E-state index in [0.29, 0.717) is 24.8 Å². The Labute approximate surface area is 164 Å². The first-order valence-electron chi connectivity index (χ1n) is 8.98. The van der Waals surface area contributed by atoms with E-state index in [9.17, 15) is 27.9 Å². The fourth-order valence-electron chi connectivity index (χ4n) is 2.80. The van der Waals surface area contributed by atoms with Gasteiger partial charge in [0.25, 0.3) is 0 Å². The Bertz CT molecular complexity index is 796. The molecule has 2 heterocycles. The van der Waals surface area contributed by atoms with E-state index in [1.807, 2.05) is 0 Å². The number of anilines is 1. The monoisotopic (exact) mass is 420 g/mol. The minimum absolute atomic E-state index is 0.0221. The number of amides is 1. The van der Waals surface area contributed by atoms with Crippen LogP contribution in [0, 0.1) is 0 Å². The summed E-state index contributed by atoms with van der Waals surface area (Å²) in [4.78, 5) is 26.4. The summed E-state index contributed by atoms with van der Waals surface area (Å²) < 4.78 is 42.7. The van der Waals surface area contributed by atoms with E-state index >= 15 is 0 Å². The highest BCUT2D eigenvalue weighted by Crippen LogP contribution is 2.28. The number of carbonyl (C=O) groups is 1. The predicted molar refractivity (Wildman–Crippen MR) is 96.5 cm³/mol.